The summed E-state index contributed by atoms with van der Waals surface area (Å²) in [5.41, 5.74) is 2.49. The molecule has 1 saturated carbocycles. The summed E-state index contributed by atoms with van der Waals surface area (Å²) in [5.74, 6) is -0.807. The molecule has 3 aromatic rings. The zero-order valence-electron chi connectivity index (χ0n) is 23.2. The van der Waals surface area contributed by atoms with Crippen LogP contribution in [0.15, 0.2) is 60.7 Å². The Morgan fingerprint density at radius 2 is 1.66 bits per heavy atom. The molecule has 3 aliphatic rings. The maximum atomic E-state index is 15.8. The maximum absolute atomic E-state index is 15.8. The first-order valence-electron chi connectivity index (χ1n) is 14.5. The van der Waals surface area contributed by atoms with Crippen LogP contribution >= 0.6 is 0 Å². The lowest BCUT2D eigenvalue weighted by Crippen LogP contribution is -2.49. The van der Waals surface area contributed by atoms with Crippen molar-refractivity contribution in [2.24, 2.45) is 5.41 Å². The SMILES string of the molecule is C[C@@H]1Cc2cc(OCc3ccccc3)ccc2C(c2c(F)cc(OC3CC4(CCNCC4)C3)cc2F)N1CC(F)F. The average Bonchev–Trinajstić information content (AvgIpc) is 2.93. The van der Waals surface area contributed by atoms with Gasteiger partial charge in [0, 0.05) is 23.7 Å². The largest absolute Gasteiger partial charge is 0.490 e. The van der Waals surface area contributed by atoms with Crippen LogP contribution < -0.4 is 14.8 Å². The van der Waals surface area contributed by atoms with Crippen LogP contribution in [0.25, 0.3) is 0 Å². The van der Waals surface area contributed by atoms with Crippen LogP contribution in [0.5, 0.6) is 11.5 Å². The molecule has 0 amide bonds. The highest BCUT2D eigenvalue weighted by atomic mass is 19.3. The first-order valence-corrected chi connectivity index (χ1v) is 14.5. The number of nitrogens with zero attached hydrogens (tertiary/aromatic N) is 1. The summed E-state index contributed by atoms with van der Waals surface area (Å²) >= 11 is 0. The van der Waals surface area contributed by atoms with Crippen molar-refractivity contribution < 1.29 is 27.0 Å². The fourth-order valence-electron chi connectivity index (χ4n) is 6.93. The third-order valence-corrected chi connectivity index (χ3v) is 9.03. The van der Waals surface area contributed by atoms with Crippen LogP contribution in [0.1, 0.15) is 60.9 Å². The van der Waals surface area contributed by atoms with E-state index in [9.17, 15) is 8.78 Å². The first kappa shape index (κ1) is 28.0. The van der Waals surface area contributed by atoms with Gasteiger partial charge in [0.05, 0.1) is 18.7 Å². The number of hydrogen-bond acceptors (Lipinski definition) is 4. The van der Waals surface area contributed by atoms with Crippen molar-refractivity contribution in [3.05, 3.63) is 94.6 Å². The number of benzene rings is 3. The molecule has 2 fully saturated rings. The van der Waals surface area contributed by atoms with Crippen molar-refractivity contribution in [1.82, 2.24) is 10.2 Å². The van der Waals surface area contributed by atoms with Crippen molar-refractivity contribution in [2.45, 2.75) is 70.2 Å². The zero-order valence-corrected chi connectivity index (χ0v) is 23.2. The molecule has 218 valence electrons. The van der Waals surface area contributed by atoms with Gasteiger partial charge in [-0.3, -0.25) is 4.90 Å². The highest BCUT2D eigenvalue weighted by Gasteiger charge is 2.46. The summed E-state index contributed by atoms with van der Waals surface area (Å²) in [4.78, 5) is 1.51. The molecule has 2 atom stereocenters. The minimum absolute atomic E-state index is 0.0715. The number of fused-ring (bicyclic) bond motifs is 1. The normalized spacial score (nSPS) is 22.4. The molecule has 1 spiro atoms. The second kappa shape index (κ2) is 11.6. The molecule has 2 heterocycles. The van der Waals surface area contributed by atoms with E-state index in [1.165, 1.54) is 17.0 Å². The maximum Gasteiger partial charge on any atom is 0.251 e. The van der Waals surface area contributed by atoms with Gasteiger partial charge < -0.3 is 14.8 Å². The topological polar surface area (TPSA) is 33.7 Å². The molecule has 8 heteroatoms. The van der Waals surface area contributed by atoms with E-state index >= 15 is 8.78 Å². The van der Waals surface area contributed by atoms with Gasteiger partial charge in [-0.25, -0.2) is 17.6 Å². The molecular formula is C33H36F4N2O2. The van der Waals surface area contributed by atoms with E-state index in [1.54, 1.807) is 12.1 Å². The fourth-order valence-corrected chi connectivity index (χ4v) is 6.93. The van der Waals surface area contributed by atoms with Crippen LogP contribution in [0, 0.1) is 17.0 Å². The Hall–Kier alpha value is -3.10. The van der Waals surface area contributed by atoms with Crippen molar-refractivity contribution in [1.29, 1.82) is 0 Å². The molecule has 2 aliphatic heterocycles. The smallest absolute Gasteiger partial charge is 0.251 e. The predicted molar refractivity (Wildman–Crippen MR) is 149 cm³/mol. The molecule has 1 N–H and O–H groups in total. The van der Waals surface area contributed by atoms with Crippen molar-refractivity contribution >= 4 is 0 Å². The first-order chi connectivity index (χ1) is 19.8. The van der Waals surface area contributed by atoms with Crippen molar-refractivity contribution in [3.8, 4) is 11.5 Å². The summed E-state index contributed by atoms with van der Waals surface area (Å²) in [5, 5.41) is 3.37. The Bertz CT molecular complexity index is 1330. The van der Waals surface area contributed by atoms with Crippen LogP contribution in [0.3, 0.4) is 0 Å². The quantitative estimate of drug-likeness (QED) is 0.295. The Morgan fingerprint density at radius 3 is 2.34 bits per heavy atom. The van der Waals surface area contributed by atoms with Crippen LogP contribution in [0.4, 0.5) is 17.6 Å². The van der Waals surface area contributed by atoms with Crippen LogP contribution in [0.2, 0.25) is 0 Å². The lowest BCUT2D eigenvalue weighted by atomic mass is 9.62. The van der Waals surface area contributed by atoms with E-state index in [2.05, 4.69) is 5.32 Å². The highest BCUT2D eigenvalue weighted by molar-refractivity contribution is 5.46. The van der Waals surface area contributed by atoms with Crippen LogP contribution in [-0.4, -0.2) is 43.1 Å². The van der Waals surface area contributed by atoms with E-state index in [4.69, 9.17) is 9.47 Å². The van der Waals surface area contributed by atoms with Gasteiger partial charge in [-0.15, -0.1) is 0 Å². The summed E-state index contributed by atoms with van der Waals surface area (Å²) < 4.78 is 70.9. The Morgan fingerprint density at radius 1 is 0.951 bits per heavy atom. The molecule has 6 rings (SSSR count). The number of piperidine rings is 1. The zero-order chi connectivity index (χ0) is 28.6. The van der Waals surface area contributed by atoms with Crippen LogP contribution in [-0.2, 0) is 13.0 Å². The average molecular weight is 569 g/mol. The Balaban J connectivity index is 1.26. The number of halogens is 4. The van der Waals surface area contributed by atoms with Gasteiger partial charge in [0.1, 0.15) is 29.7 Å². The molecule has 0 aromatic heterocycles. The van der Waals surface area contributed by atoms with E-state index in [1.807, 2.05) is 43.3 Å². The number of ether oxygens (including phenoxy) is 2. The summed E-state index contributed by atoms with van der Waals surface area (Å²) in [6.45, 7) is 3.58. The van der Waals surface area contributed by atoms with Crippen molar-refractivity contribution in [3.63, 3.8) is 0 Å². The predicted octanol–water partition coefficient (Wildman–Crippen LogP) is 7.06. The third-order valence-electron chi connectivity index (χ3n) is 9.03. The van der Waals surface area contributed by atoms with Gasteiger partial charge in [0.25, 0.3) is 6.43 Å². The number of rotatable bonds is 8. The third kappa shape index (κ3) is 5.95. The minimum Gasteiger partial charge on any atom is -0.490 e. The standard InChI is InChI=1S/C33H36F4N2O2/c1-21-13-23-14-24(40-20-22-5-3-2-4-6-22)7-8-27(23)32(39(21)19-30(36)37)31-28(34)15-25(16-29(31)35)41-26-17-33(18-26)9-11-38-12-10-33/h2-8,14-16,21,26,30,32,38H,9-13,17-20H2,1H3/t21-,32?/m1/s1. The molecule has 0 bridgehead atoms. The second-order valence-electron chi connectivity index (χ2n) is 11.9. The lowest BCUT2D eigenvalue weighted by molar-refractivity contribution is -0.0350. The molecule has 1 aliphatic carbocycles. The lowest BCUT2D eigenvalue weighted by Gasteiger charge is -2.49. The van der Waals surface area contributed by atoms with E-state index in [-0.39, 0.29) is 28.9 Å². The minimum atomic E-state index is -2.65. The monoisotopic (exact) mass is 568 g/mol. The molecular weight excluding hydrogens is 532 g/mol. The molecule has 0 radical (unpaired) electrons. The summed E-state index contributed by atoms with van der Waals surface area (Å²) in [6, 6.07) is 16.2. The summed E-state index contributed by atoms with van der Waals surface area (Å²) in [7, 11) is 0. The van der Waals surface area contributed by atoms with Crippen molar-refractivity contribution in [2.75, 3.05) is 19.6 Å². The Labute approximate surface area is 238 Å². The Kier molecular flexibility index (Phi) is 7.97. The molecule has 3 aromatic carbocycles. The van der Waals surface area contributed by atoms with Gasteiger partial charge in [0.15, 0.2) is 0 Å². The van der Waals surface area contributed by atoms with Gasteiger partial charge in [-0.05, 0) is 86.4 Å². The van der Waals surface area contributed by atoms with E-state index in [0.29, 0.717) is 24.3 Å². The second-order valence-corrected chi connectivity index (χ2v) is 11.9. The molecule has 41 heavy (non-hydrogen) atoms. The highest BCUT2D eigenvalue weighted by Crippen LogP contribution is 2.49. The molecule has 4 nitrogen and oxygen atoms in total. The molecule has 1 saturated heterocycles. The van der Waals surface area contributed by atoms with Gasteiger partial charge in [-0.2, -0.15) is 0 Å². The number of hydrogen-bond donors (Lipinski definition) is 1. The number of nitrogens with one attached hydrogen (secondary N) is 1. The van der Waals surface area contributed by atoms with Gasteiger partial charge in [-0.1, -0.05) is 36.4 Å². The fraction of sp³-hybridized carbons (Fsp3) is 0.455. The summed E-state index contributed by atoms with van der Waals surface area (Å²) in [6.07, 6.45) is 1.68. The van der Waals surface area contributed by atoms with Gasteiger partial charge >= 0.3 is 0 Å². The van der Waals surface area contributed by atoms with E-state index in [0.717, 1.165) is 49.9 Å². The van der Waals surface area contributed by atoms with Gasteiger partial charge in [0.2, 0.25) is 0 Å². The van der Waals surface area contributed by atoms with E-state index < -0.39 is 30.6 Å². The number of alkyl halides is 2. The molecule has 1 unspecified atom stereocenters.